The Labute approximate surface area is 90.8 Å². The van der Waals surface area contributed by atoms with Crippen LogP contribution in [0.4, 0.5) is 0 Å². The van der Waals surface area contributed by atoms with Gasteiger partial charge in [-0.3, -0.25) is 0 Å². The second-order valence-electron chi connectivity index (χ2n) is 4.57. The summed E-state index contributed by atoms with van der Waals surface area (Å²) in [5, 5.41) is 4.71. The first-order valence-electron chi connectivity index (χ1n) is 5.05. The van der Waals surface area contributed by atoms with Gasteiger partial charge in [-0.05, 0) is 27.7 Å². The molecule has 1 aromatic heterocycles. The van der Waals surface area contributed by atoms with Crippen molar-refractivity contribution >= 4 is 11.3 Å². The molecule has 0 aliphatic heterocycles. The Morgan fingerprint density at radius 1 is 1.29 bits per heavy atom. The molecule has 1 N–H and O–H groups in total. The molecule has 0 fully saturated rings. The predicted octanol–water partition coefficient (Wildman–Crippen LogP) is 2.99. The lowest BCUT2D eigenvalue weighted by Gasteiger charge is -2.28. The van der Waals surface area contributed by atoms with Crippen LogP contribution >= 0.6 is 11.3 Å². The van der Waals surface area contributed by atoms with Crippen molar-refractivity contribution in [3.63, 3.8) is 0 Å². The van der Waals surface area contributed by atoms with Crippen LogP contribution in [0.15, 0.2) is 0 Å². The topological polar surface area (TPSA) is 24.9 Å². The molecule has 14 heavy (non-hydrogen) atoms. The Balaban J connectivity index is 2.96. The van der Waals surface area contributed by atoms with Crippen molar-refractivity contribution in [1.29, 1.82) is 0 Å². The quantitative estimate of drug-likeness (QED) is 0.833. The molecule has 0 aromatic carbocycles. The van der Waals surface area contributed by atoms with Crippen LogP contribution < -0.4 is 5.32 Å². The smallest absolute Gasteiger partial charge is 0.0900 e. The average Bonchev–Trinajstić information content (AvgIpc) is 2.27. The zero-order valence-corrected chi connectivity index (χ0v) is 10.7. The van der Waals surface area contributed by atoms with Crippen LogP contribution in [-0.4, -0.2) is 11.0 Å². The van der Waals surface area contributed by atoms with E-state index in [0.717, 1.165) is 10.7 Å². The van der Waals surface area contributed by atoms with E-state index in [1.807, 2.05) is 0 Å². The lowest BCUT2D eigenvalue weighted by atomic mass is 10.0. The zero-order valence-electron chi connectivity index (χ0n) is 9.93. The van der Waals surface area contributed by atoms with E-state index in [9.17, 15) is 0 Å². The summed E-state index contributed by atoms with van der Waals surface area (Å²) in [6, 6.07) is 0.492. The number of hydrogen-bond acceptors (Lipinski definition) is 3. The molecule has 0 amide bonds. The van der Waals surface area contributed by atoms with Crippen molar-refractivity contribution in [3.8, 4) is 0 Å². The molecule has 0 aliphatic rings. The molecule has 1 rings (SSSR count). The third-order valence-electron chi connectivity index (χ3n) is 2.12. The molecule has 0 aliphatic carbocycles. The van der Waals surface area contributed by atoms with Gasteiger partial charge in [0.25, 0.3) is 0 Å². The number of hydrogen-bond donors (Lipinski definition) is 1. The summed E-state index contributed by atoms with van der Waals surface area (Å²) in [7, 11) is 0. The largest absolute Gasteiger partial charge is 0.305 e. The van der Waals surface area contributed by atoms with Crippen LogP contribution in [-0.2, 0) is 5.54 Å². The van der Waals surface area contributed by atoms with Crippen LogP contribution in [0.5, 0.6) is 0 Å². The van der Waals surface area contributed by atoms with Gasteiger partial charge in [0.1, 0.15) is 0 Å². The second kappa shape index (κ2) is 3.99. The van der Waals surface area contributed by atoms with Crippen molar-refractivity contribution in [2.75, 3.05) is 0 Å². The first-order chi connectivity index (χ1) is 6.33. The van der Waals surface area contributed by atoms with Crippen LogP contribution in [0.2, 0.25) is 0 Å². The van der Waals surface area contributed by atoms with Crippen LogP contribution in [0.1, 0.15) is 43.3 Å². The predicted molar refractivity (Wildman–Crippen MR) is 62.9 cm³/mol. The van der Waals surface area contributed by atoms with E-state index in [2.05, 4.69) is 51.8 Å². The number of rotatable bonds is 3. The summed E-state index contributed by atoms with van der Waals surface area (Å²) in [6.07, 6.45) is 0. The van der Waals surface area contributed by atoms with E-state index in [4.69, 9.17) is 0 Å². The number of aryl methyl sites for hydroxylation is 2. The molecule has 0 saturated heterocycles. The van der Waals surface area contributed by atoms with E-state index in [1.54, 1.807) is 11.3 Å². The minimum Gasteiger partial charge on any atom is -0.305 e. The van der Waals surface area contributed by atoms with Gasteiger partial charge >= 0.3 is 0 Å². The molecule has 0 saturated carbocycles. The maximum absolute atomic E-state index is 4.46. The summed E-state index contributed by atoms with van der Waals surface area (Å²) >= 11 is 1.79. The fraction of sp³-hybridized carbons (Fsp3) is 0.727. The Morgan fingerprint density at radius 2 is 1.86 bits per heavy atom. The van der Waals surface area contributed by atoms with Gasteiger partial charge in [0.15, 0.2) is 0 Å². The van der Waals surface area contributed by atoms with Crippen LogP contribution in [0.25, 0.3) is 0 Å². The van der Waals surface area contributed by atoms with Crippen LogP contribution in [0.3, 0.4) is 0 Å². The highest BCUT2D eigenvalue weighted by Gasteiger charge is 2.25. The molecular formula is C11H20N2S. The number of thiazole rings is 1. The summed E-state index contributed by atoms with van der Waals surface area (Å²) < 4.78 is 0. The van der Waals surface area contributed by atoms with Gasteiger partial charge in [-0.15, -0.1) is 11.3 Å². The normalized spacial score (nSPS) is 12.5. The highest BCUT2D eigenvalue weighted by molar-refractivity contribution is 7.11. The summed E-state index contributed by atoms with van der Waals surface area (Å²) in [5.74, 6) is 0. The van der Waals surface area contributed by atoms with Crippen molar-refractivity contribution < 1.29 is 0 Å². The third kappa shape index (κ3) is 2.55. The Hall–Kier alpha value is -0.410. The van der Waals surface area contributed by atoms with Crippen LogP contribution in [0, 0.1) is 13.8 Å². The number of nitrogens with one attached hydrogen (secondary N) is 1. The fourth-order valence-electron chi connectivity index (χ4n) is 1.90. The molecule has 0 spiro atoms. The van der Waals surface area contributed by atoms with Gasteiger partial charge in [0.2, 0.25) is 0 Å². The molecule has 2 nitrogen and oxygen atoms in total. The van der Waals surface area contributed by atoms with Gasteiger partial charge in [-0.2, -0.15) is 0 Å². The summed E-state index contributed by atoms with van der Waals surface area (Å²) in [6.45, 7) is 12.9. The highest BCUT2D eigenvalue weighted by Crippen LogP contribution is 2.29. The van der Waals surface area contributed by atoms with Gasteiger partial charge in [-0.1, -0.05) is 13.8 Å². The summed E-state index contributed by atoms with van der Waals surface area (Å²) in [5.41, 5.74) is 1.19. The first-order valence-corrected chi connectivity index (χ1v) is 5.87. The molecule has 0 bridgehead atoms. The molecular weight excluding hydrogens is 192 g/mol. The molecule has 80 valence electrons. The number of nitrogens with zero attached hydrogens (tertiary/aromatic N) is 1. The lowest BCUT2D eigenvalue weighted by Crippen LogP contribution is -2.40. The molecule has 0 atom stereocenters. The maximum Gasteiger partial charge on any atom is 0.0900 e. The highest BCUT2D eigenvalue weighted by atomic mass is 32.1. The number of aromatic nitrogens is 1. The summed E-state index contributed by atoms with van der Waals surface area (Å²) in [4.78, 5) is 5.81. The Morgan fingerprint density at radius 3 is 2.21 bits per heavy atom. The molecule has 1 aromatic rings. The van der Waals surface area contributed by atoms with E-state index in [0.29, 0.717) is 6.04 Å². The SMILES string of the molecule is Cc1nc(C)c(C(C)(C)NC(C)C)s1. The lowest BCUT2D eigenvalue weighted by molar-refractivity contribution is 0.370. The minimum atomic E-state index is 0.0319. The van der Waals surface area contributed by atoms with E-state index < -0.39 is 0 Å². The molecule has 1 heterocycles. The molecule has 3 heteroatoms. The second-order valence-corrected chi connectivity index (χ2v) is 5.77. The average molecular weight is 212 g/mol. The van der Waals surface area contributed by atoms with Crippen molar-refractivity contribution in [3.05, 3.63) is 15.6 Å². The Kier molecular flexibility index (Phi) is 3.32. The first kappa shape index (κ1) is 11.7. The van der Waals surface area contributed by atoms with Gasteiger partial charge in [-0.25, -0.2) is 4.98 Å². The van der Waals surface area contributed by atoms with Crippen molar-refractivity contribution in [2.24, 2.45) is 0 Å². The monoisotopic (exact) mass is 212 g/mol. The van der Waals surface area contributed by atoms with Gasteiger partial charge < -0.3 is 5.32 Å². The molecule has 0 unspecified atom stereocenters. The van der Waals surface area contributed by atoms with E-state index >= 15 is 0 Å². The maximum atomic E-state index is 4.46. The minimum absolute atomic E-state index is 0.0319. The van der Waals surface area contributed by atoms with E-state index in [1.165, 1.54) is 4.88 Å². The molecule has 0 radical (unpaired) electrons. The standard InChI is InChI=1S/C11H20N2S/c1-7(2)13-11(5,6)10-8(3)12-9(4)14-10/h7,13H,1-6H3. The van der Waals surface area contributed by atoms with E-state index in [-0.39, 0.29) is 5.54 Å². The third-order valence-corrected chi connectivity index (χ3v) is 3.52. The van der Waals surface area contributed by atoms with Gasteiger partial charge in [0, 0.05) is 16.5 Å². The fourth-order valence-corrected chi connectivity index (χ4v) is 2.88. The van der Waals surface area contributed by atoms with Gasteiger partial charge in [0.05, 0.1) is 10.7 Å². The van der Waals surface area contributed by atoms with Crippen molar-refractivity contribution in [2.45, 2.75) is 53.1 Å². The van der Waals surface area contributed by atoms with Crippen molar-refractivity contribution in [1.82, 2.24) is 10.3 Å². The Bertz CT molecular complexity index is 313. The zero-order chi connectivity index (χ0) is 10.9.